The van der Waals surface area contributed by atoms with E-state index >= 15 is 8.78 Å². The predicted molar refractivity (Wildman–Crippen MR) is 163 cm³/mol. The average Bonchev–Trinajstić information content (AvgIpc) is 3.34. The van der Waals surface area contributed by atoms with Gasteiger partial charge in [0.05, 0.1) is 16.7 Å². The van der Waals surface area contributed by atoms with Crippen LogP contribution in [-0.2, 0) is 6.54 Å². The van der Waals surface area contributed by atoms with Crippen LogP contribution in [0.4, 0.5) is 20.3 Å². The van der Waals surface area contributed by atoms with E-state index in [-0.39, 0.29) is 11.4 Å². The molecule has 0 saturated carbocycles. The zero-order valence-corrected chi connectivity index (χ0v) is 23.8. The standard InChI is InChI=1S/C30H28F2N6S2/c1-4-14-40-36-25-11-10-24(31)30(28(25)32)38-18-23(21-15-33-19-34-16-21)29-26(38)12-13-27(35-29)37(3)17-20-6-8-22(9-7-20)39-5-2/h5-13,15-16,18-19,36H,2,4,14,17H2,1,3H3. The molecule has 3 aromatic heterocycles. The second-order valence-electron chi connectivity index (χ2n) is 9.07. The summed E-state index contributed by atoms with van der Waals surface area (Å²) in [6.45, 7) is 6.44. The number of rotatable bonds is 11. The molecular formula is C30H28F2N6S2. The Bertz CT molecular complexity index is 1620. The van der Waals surface area contributed by atoms with E-state index in [1.807, 2.05) is 31.0 Å². The van der Waals surface area contributed by atoms with Crippen LogP contribution >= 0.6 is 23.7 Å². The van der Waals surface area contributed by atoms with Crippen LogP contribution in [0.1, 0.15) is 18.9 Å². The Morgan fingerprint density at radius 3 is 2.55 bits per heavy atom. The lowest BCUT2D eigenvalue weighted by Gasteiger charge is -2.19. The molecule has 1 N–H and O–H groups in total. The van der Waals surface area contributed by atoms with Crippen LogP contribution in [0.5, 0.6) is 0 Å². The minimum absolute atomic E-state index is 0.171. The smallest absolute Gasteiger partial charge is 0.174 e. The van der Waals surface area contributed by atoms with Crippen molar-refractivity contribution in [1.29, 1.82) is 0 Å². The highest BCUT2D eigenvalue weighted by atomic mass is 32.2. The van der Waals surface area contributed by atoms with Crippen molar-refractivity contribution in [1.82, 2.24) is 19.5 Å². The van der Waals surface area contributed by atoms with Gasteiger partial charge in [-0.05, 0) is 53.8 Å². The van der Waals surface area contributed by atoms with E-state index in [1.165, 1.54) is 35.0 Å². The summed E-state index contributed by atoms with van der Waals surface area (Å²) >= 11 is 2.96. The third kappa shape index (κ3) is 5.83. The van der Waals surface area contributed by atoms with E-state index < -0.39 is 11.6 Å². The van der Waals surface area contributed by atoms with E-state index in [2.05, 4.69) is 45.5 Å². The number of nitrogens with one attached hydrogen (secondary N) is 1. The van der Waals surface area contributed by atoms with Gasteiger partial charge < -0.3 is 14.2 Å². The largest absolute Gasteiger partial charge is 0.355 e. The Balaban J connectivity index is 1.57. The molecule has 0 amide bonds. The van der Waals surface area contributed by atoms with Gasteiger partial charge in [-0.3, -0.25) is 0 Å². The minimum atomic E-state index is -0.671. The summed E-state index contributed by atoms with van der Waals surface area (Å²) in [5.74, 6) is 0.181. The summed E-state index contributed by atoms with van der Waals surface area (Å²) in [7, 11) is 1.96. The first-order chi connectivity index (χ1) is 19.5. The van der Waals surface area contributed by atoms with Crippen molar-refractivity contribution in [2.45, 2.75) is 24.8 Å². The molecule has 0 aliphatic rings. The normalized spacial score (nSPS) is 11.1. The van der Waals surface area contributed by atoms with Gasteiger partial charge in [-0.15, -0.1) is 0 Å². The van der Waals surface area contributed by atoms with Gasteiger partial charge in [-0.2, -0.15) is 0 Å². The number of hydrogen-bond donors (Lipinski definition) is 1. The van der Waals surface area contributed by atoms with Crippen molar-refractivity contribution in [2.75, 3.05) is 22.4 Å². The molecule has 5 rings (SSSR count). The van der Waals surface area contributed by atoms with Crippen molar-refractivity contribution in [3.05, 3.63) is 103 Å². The van der Waals surface area contributed by atoms with Gasteiger partial charge in [0.15, 0.2) is 5.82 Å². The maximum atomic E-state index is 15.7. The molecule has 204 valence electrons. The van der Waals surface area contributed by atoms with Crippen molar-refractivity contribution in [3.8, 4) is 16.8 Å². The average molecular weight is 575 g/mol. The minimum Gasteiger partial charge on any atom is -0.355 e. The lowest BCUT2D eigenvalue weighted by molar-refractivity contribution is 0.574. The van der Waals surface area contributed by atoms with E-state index in [0.29, 0.717) is 28.7 Å². The lowest BCUT2D eigenvalue weighted by Crippen LogP contribution is -2.17. The van der Waals surface area contributed by atoms with Crippen LogP contribution in [0.2, 0.25) is 0 Å². The van der Waals surface area contributed by atoms with Crippen LogP contribution in [0.25, 0.3) is 27.8 Å². The number of nitrogens with zero attached hydrogens (tertiary/aromatic N) is 5. The zero-order valence-electron chi connectivity index (χ0n) is 22.1. The summed E-state index contributed by atoms with van der Waals surface area (Å²) < 4.78 is 35.5. The van der Waals surface area contributed by atoms with Crippen molar-refractivity contribution >= 4 is 46.2 Å². The predicted octanol–water partition coefficient (Wildman–Crippen LogP) is 8.10. The fourth-order valence-corrected chi connectivity index (χ4v) is 5.44. The molecule has 0 saturated heterocycles. The second kappa shape index (κ2) is 12.5. The third-order valence-electron chi connectivity index (χ3n) is 6.25. The lowest BCUT2D eigenvalue weighted by atomic mass is 10.1. The van der Waals surface area contributed by atoms with Crippen LogP contribution in [0, 0.1) is 11.6 Å². The number of pyridine rings is 1. The molecule has 10 heteroatoms. The number of halogens is 2. The highest BCUT2D eigenvalue weighted by molar-refractivity contribution is 8.02. The van der Waals surface area contributed by atoms with E-state index in [0.717, 1.165) is 28.5 Å². The number of fused-ring (bicyclic) bond motifs is 1. The van der Waals surface area contributed by atoms with Crippen LogP contribution in [0.15, 0.2) is 90.3 Å². The topological polar surface area (TPSA) is 58.9 Å². The highest BCUT2D eigenvalue weighted by Crippen LogP contribution is 2.35. The van der Waals surface area contributed by atoms with E-state index in [4.69, 9.17) is 4.98 Å². The molecule has 2 aromatic carbocycles. The Labute approximate surface area is 240 Å². The molecule has 0 unspecified atom stereocenters. The number of thioether (sulfide) groups is 1. The van der Waals surface area contributed by atoms with E-state index in [9.17, 15) is 0 Å². The molecule has 0 fully saturated rings. The third-order valence-corrected chi connectivity index (χ3v) is 7.94. The van der Waals surface area contributed by atoms with Gasteiger partial charge >= 0.3 is 0 Å². The number of benzene rings is 2. The molecular weight excluding hydrogens is 547 g/mol. The number of aromatic nitrogens is 4. The Morgan fingerprint density at radius 1 is 1.05 bits per heavy atom. The summed E-state index contributed by atoms with van der Waals surface area (Å²) in [6.07, 6.45) is 7.40. The first kappa shape index (κ1) is 27.7. The fourth-order valence-electron chi connectivity index (χ4n) is 4.34. The van der Waals surface area contributed by atoms with Gasteiger partial charge in [0.1, 0.15) is 23.6 Å². The summed E-state index contributed by atoms with van der Waals surface area (Å²) in [5, 5.41) is 1.80. The fraction of sp³-hybridized carbons (Fsp3) is 0.167. The van der Waals surface area contributed by atoms with E-state index in [1.54, 1.807) is 35.8 Å². The molecule has 5 aromatic rings. The summed E-state index contributed by atoms with van der Waals surface area (Å²) in [5.41, 5.74) is 3.71. The second-order valence-corrected chi connectivity index (χ2v) is 11.0. The Morgan fingerprint density at radius 2 is 1.82 bits per heavy atom. The molecule has 0 bridgehead atoms. The first-order valence-electron chi connectivity index (χ1n) is 12.7. The summed E-state index contributed by atoms with van der Waals surface area (Å²) in [6, 6.07) is 14.7. The monoisotopic (exact) mass is 574 g/mol. The van der Waals surface area contributed by atoms with Crippen molar-refractivity contribution in [2.24, 2.45) is 0 Å². The maximum absolute atomic E-state index is 15.7. The highest BCUT2D eigenvalue weighted by Gasteiger charge is 2.21. The SMILES string of the molecule is C=CSc1ccc(CN(C)c2ccc3c(n2)c(-c2cncnc2)cn3-c2c(F)ccc(NSCCC)c2F)cc1. The van der Waals surface area contributed by atoms with Gasteiger partial charge in [0, 0.05) is 54.0 Å². The first-order valence-corrected chi connectivity index (χ1v) is 14.6. The maximum Gasteiger partial charge on any atom is 0.174 e. The van der Waals surface area contributed by atoms with Gasteiger partial charge in [0.2, 0.25) is 0 Å². The molecule has 0 aliphatic heterocycles. The molecule has 0 radical (unpaired) electrons. The van der Waals surface area contributed by atoms with Gasteiger partial charge in [0.25, 0.3) is 0 Å². The summed E-state index contributed by atoms with van der Waals surface area (Å²) in [4.78, 5) is 16.4. The van der Waals surface area contributed by atoms with Gasteiger partial charge in [-0.25, -0.2) is 23.7 Å². The molecule has 0 aliphatic carbocycles. The van der Waals surface area contributed by atoms with Crippen LogP contribution < -0.4 is 9.62 Å². The van der Waals surface area contributed by atoms with Crippen LogP contribution in [0.3, 0.4) is 0 Å². The Hall–Kier alpha value is -3.89. The van der Waals surface area contributed by atoms with Gasteiger partial charge in [-0.1, -0.05) is 49.3 Å². The van der Waals surface area contributed by atoms with Crippen molar-refractivity contribution in [3.63, 3.8) is 0 Å². The number of anilines is 2. The molecule has 3 heterocycles. The zero-order chi connectivity index (χ0) is 28.1. The molecule has 0 atom stereocenters. The molecule has 0 spiro atoms. The number of hydrogen-bond acceptors (Lipinski definition) is 7. The van der Waals surface area contributed by atoms with Crippen molar-refractivity contribution < 1.29 is 8.78 Å². The Kier molecular flexibility index (Phi) is 8.66. The molecule has 40 heavy (non-hydrogen) atoms. The molecule has 6 nitrogen and oxygen atoms in total. The quantitative estimate of drug-likeness (QED) is 0.0972. The van der Waals surface area contributed by atoms with Crippen LogP contribution in [-0.4, -0.2) is 32.3 Å².